The predicted octanol–water partition coefficient (Wildman–Crippen LogP) is 4.66. The van der Waals surface area contributed by atoms with Crippen molar-refractivity contribution in [2.24, 2.45) is 0 Å². The highest BCUT2D eigenvalue weighted by atomic mass is 32.2. The van der Waals surface area contributed by atoms with E-state index in [4.69, 9.17) is 9.47 Å². The molecule has 3 aromatic rings. The van der Waals surface area contributed by atoms with Crippen LogP contribution in [0.1, 0.15) is 27.9 Å². The highest BCUT2D eigenvalue weighted by Crippen LogP contribution is 2.29. The zero-order chi connectivity index (χ0) is 23.6. The Hall–Kier alpha value is -3.32. The van der Waals surface area contributed by atoms with Crippen LogP contribution in [0, 0.1) is 6.92 Å². The number of carbonyl (C=O) groups excluding carboxylic acids is 2. The van der Waals surface area contributed by atoms with Crippen molar-refractivity contribution >= 4 is 23.6 Å². The highest BCUT2D eigenvalue weighted by Gasteiger charge is 2.23. The Balaban J connectivity index is 1.91. The minimum Gasteiger partial charge on any atom is -0.487 e. The minimum absolute atomic E-state index is 0.315. The van der Waals surface area contributed by atoms with E-state index < -0.39 is 12.0 Å². The molecule has 2 aromatic carbocycles. The van der Waals surface area contributed by atoms with Crippen LogP contribution in [0.15, 0.2) is 67.0 Å². The van der Waals surface area contributed by atoms with Gasteiger partial charge in [0.25, 0.3) is 5.91 Å². The number of nitrogens with zero attached hydrogens (tertiary/aromatic N) is 1. The van der Waals surface area contributed by atoms with Crippen LogP contribution in [-0.4, -0.2) is 42.0 Å². The number of hydrogen-bond donors (Lipinski definition) is 1. The van der Waals surface area contributed by atoms with Gasteiger partial charge in [0, 0.05) is 11.8 Å². The lowest BCUT2D eigenvalue weighted by atomic mass is 9.93. The Morgan fingerprint density at radius 3 is 2.61 bits per heavy atom. The SMILES string of the molecule is COC(=O)[C@H](CCSC)NC(=O)c1ccc(COc2cccnc2)cc1-c1ccccc1C. The molecule has 7 heteroatoms. The fourth-order valence-electron chi connectivity index (χ4n) is 3.44. The molecule has 0 spiro atoms. The highest BCUT2D eigenvalue weighted by molar-refractivity contribution is 7.98. The standard InChI is InChI=1S/C26H28N2O4S/c1-18-7-4-5-9-21(18)23-15-19(17-32-20-8-6-13-27-16-20)10-11-22(23)25(29)28-24(12-14-33-3)26(30)31-2/h4-11,13,15-16,24H,12,14,17H2,1-3H3,(H,28,29)/t24-/m0/s1. The van der Waals surface area contributed by atoms with Gasteiger partial charge in [-0.3, -0.25) is 9.78 Å². The van der Waals surface area contributed by atoms with Gasteiger partial charge in [-0.05, 0) is 71.9 Å². The summed E-state index contributed by atoms with van der Waals surface area (Å²) >= 11 is 1.61. The first-order valence-electron chi connectivity index (χ1n) is 10.6. The molecular weight excluding hydrogens is 436 g/mol. The van der Waals surface area contributed by atoms with Gasteiger partial charge in [0.15, 0.2) is 0 Å². The van der Waals surface area contributed by atoms with Gasteiger partial charge >= 0.3 is 5.97 Å². The Bertz CT molecular complexity index is 1090. The molecule has 0 aliphatic carbocycles. The van der Waals surface area contributed by atoms with Crippen LogP contribution in [0.3, 0.4) is 0 Å². The van der Waals surface area contributed by atoms with Gasteiger partial charge in [0.05, 0.1) is 13.3 Å². The first kappa shape index (κ1) is 24.3. The number of methoxy groups -OCH3 is 1. The van der Waals surface area contributed by atoms with Crippen LogP contribution in [0.25, 0.3) is 11.1 Å². The summed E-state index contributed by atoms with van der Waals surface area (Å²) < 4.78 is 10.7. The summed E-state index contributed by atoms with van der Waals surface area (Å²) in [5.74, 6) is 0.641. The molecule has 0 aliphatic heterocycles. The zero-order valence-electron chi connectivity index (χ0n) is 19.0. The van der Waals surface area contributed by atoms with Crippen LogP contribution >= 0.6 is 11.8 Å². The summed E-state index contributed by atoms with van der Waals surface area (Å²) in [5.41, 5.74) is 4.19. The third-order valence-electron chi connectivity index (χ3n) is 5.21. The molecule has 1 heterocycles. The number of nitrogens with one attached hydrogen (secondary N) is 1. The molecule has 1 atom stereocenters. The van der Waals surface area contributed by atoms with Crippen LogP contribution in [0.4, 0.5) is 0 Å². The second-order valence-corrected chi connectivity index (χ2v) is 8.49. The number of aromatic nitrogens is 1. The van der Waals surface area contributed by atoms with E-state index in [9.17, 15) is 9.59 Å². The van der Waals surface area contributed by atoms with Crippen molar-refractivity contribution in [1.82, 2.24) is 10.3 Å². The third-order valence-corrected chi connectivity index (χ3v) is 5.85. The third kappa shape index (κ3) is 6.58. The lowest BCUT2D eigenvalue weighted by molar-refractivity contribution is -0.142. The van der Waals surface area contributed by atoms with Crippen molar-refractivity contribution in [2.75, 3.05) is 19.1 Å². The van der Waals surface area contributed by atoms with Crippen molar-refractivity contribution in [2.45, 2.75) is 26.0 Å². The second-order valence-electron chi connectivity index (χ2n) is 7.50. The monoisotopic (exact) mass is 464 g/mol. The zero-order valence-corrected chi connectivity index (χ0v) is 19.9. The molecular formula is C26H28N2O4S. The Morgan fingerprint density at radius 1 is 1.09 bits per heavy atom. The van der Waals surface area contributed by atoms with Gasteiger partial charge in [-0.2, -0.15) is 11.8 Å². The van der Waals surface area contributed by atoms with E-state index in [2.05, 4.69) is 10.3 Å². The maximum absolute atomic E-state index is 13.3. The average Bonchev–Trinajstić information content (AvgIpc) is 2.85. The molecule has 172 valence electrons. The quantitative estimate of drug-likeness (QED) is 0.440. The first-order valence-corrected chi connectivity index (χ1v) is 12.0. The Labute approximate surface area is 198 Å². The summed E-state index contributed by atoms with van der Waals surface area (Å²) in [6.07, 6.45) is 5.80. The van der Waals surface area contributed by atoms with Crippen molar-refractivity contribution < 1.29 is 19.1 Å². The van der Waals surface area contributed by atoms with Gasteiger partial charge in [0.2, 0.25) is 0 Å². The van der Waals surface area contributed by atoms with Crippen LogP contribution < -0.4 is 10.1 Å². The summed E-state index contributed by atoms with van der Waals surface area (Å²) in [6.45, 7) is 2.34. The van der Waals surface area contributed by atoms with Gasteiger partial charge < -0.3 is 14.8 Å². The molecule has 1 amide bonds. The van der Waals surface area contributed by atoms with E-state index in [1.165, 1.54) is 7.11 Å². The second kappa shape index (κ2) is 12.1. The molecule has 0 bridgehead atoms. The number of hydrogen-bond acceptors (Lipinski definition) is 6. The number of benzene rings is 2. The molecule has 6 nitrogen and oxygen atoms in total. The van der Waals surface area contributed by atoms with E-state index in [0.29, 0.717) is 24.3 Å². The normalized spacial score (nSPS) is 11.5. The molecule has 33 heavy (non-hydrogen) atoms. The summed E-state index contributed by atoms with van der Waals surface area (Å²) in [4.78, 5) is 29.5. The van der Waals surface area contributed by atoms with Gasteiger partial charge in [-0.1, -0.05) is 30.3 Å². The van der Waals surface area contributed by atoms with E-state index in [0.717, 1.165) is 28.0 Å². The van der Waals surface area contributed by atoms with Gasteiger partial charge in [0.1, 0.15) is 18.4 Å². The molecule has 1 N–H and O–H groups in total. The maximum Gasteiger partial charge on any atom is 0.328 e. The van der Waals surface area contributed by atoms with Crippen molar-refractivity contribution in [3.63, 3.8) is 0 Å². The van der Waals surface area contributed by atoms with Crippen molar-refractivity contribution in [1.29, 1.82) is 0 Å². The van der Waals surface area contributed by atoms with E-state index in [1.807, 2.05) is 61.7 Å². The summed E-state index contributed by atoms with van der Waals surface area (Å²) in [6, 6.07) is 16.5. The molecule has 0 radical (unpaired) electrons. The van der Waals surface area contributed by atoms with E-state index >= 15 is 0 Å². The number of esters is 1. The molecule has 1 aromatic heterocycles. The summed E-state index contributed by atoms with van der Waals surface area (Å²) in [7, 11) is 1.33. The predicted molar refractivity (Wildman–Crippen MR) is 131 cm³/mol. The average molecular weight is 465 g/mol. The van der Waals surface area contributed by atoms with E-state index in [-0.39, 0.29) is 5.91 Å². The molecule has 0 aliphatic rings. The first-order chi connectivity index (χ1) is 16.0. The number of thioether (sulfide) groups is 1. The van der Waals surface area contributed by atoms with Crippen LogP contribution in [-0.2, 0) is 16.1 Å². The fraction of sp³-hybridized carbons (Fsp3) is 0.269. The number of carbonyl (C=O) groups is 2. The fourth-order valence-corrected chi connectivity index (χ4v) is 3.91. The summed E-state index contributed by atoms with van der Waals surface area (Å²) in [5, 5.41) is 2.86. The van der Waals surface area contributed by atoms with E-state index in [1.54, 1.807) is 30.2 Å². The Kier molecular flexibility index (Phi) is 8.89. The number of ether oxygens (including phenoxy) is 2. The smallest absolute Gasteiger partial charge is 0.328 e. The maximum atomic E-state index is 13.3. The van der Waals surface area contributed by atoms with Gasteiger partial charge in [-0.15, -0.1) is 0 Å². The van der Waals surface area contributed by atoms with Crippen LogP contribution in [0.5, 0.6) is 5.75 Å². The lowest BCUT2D eigenvalue weighted by Gasteiger charge is -2.19. The van der Waals surface area contributed by atoms with Crippen LogP contribution in [0.2, 0.25) is 0 Å². The van der Waals surface area contributed by atoms with Gasteiger partial charge in [-0.25, -0.2) is 4.79 Å². The topological polar surface area (TPSA) is 77.5 Å². The largest absolute Gasteiger partial charge is 0.487 e. The van der Waals surface area contributed by atoms with Crippen molar-refractivity contribution in [3.05, 3.63) is 83.7 Å². The number of rotatable bonds is 10. The van der Waals surface area contributed by atoms with Crippen molar-refractivity contribution in [3.8, 4) is 16.9 Å². The molecule has 0 saturated heterocycles. The number of aryl methyl sites for hydroxylation is 1. The number of amides is 1. The molecule has 0 fully saturated rings. The Morgan fingerprint density at radius 2 is 1.91 bits per heavy atom. The molecule has 3 rings (SSSR count). The molecule has 0 unspecified atom stereocenters. The minimum atomic E-state index is -0.701. The molecule has 0 saturated carbocycles. The lowest BCUT2D eigenvalue weighted by Crippen LogP contribution is -2.42. The number of pyridine rings is 1.